The van der Waals surface area contributed by atoms with Crippen LogP contribution in [-0.2, 0) is 6.54 Å². The first-order valence-corrected chi connectivity index (χ1v) is 7.92. The summed E-state index contributed by atoms with van der Waals surface area (Å²) in [4.78, 5) is 0. The van der Waals surface area contributed by atoms with Crippen molar-refractivity contribution in [2.24, 2.45) is 0 Å². The number of nitrogens with one attached hydrogen (secondary N) is 1. The van der Waals surface area contributed by atoms with Gasteiger partial charge in [-0.15, -0.1) is 0 Å². The Labute approximate surface area is 138 Å². The first-order chi connectivity index (χ1) is 10.6. The maximum absolute atomic E-state index is 12.9. The maximum atomic E-state index is 12.9. The van der Waals surface area contributed by atoms with Crippen molar-refractivity contribution >= 4 is 21.6 Å². The number of hydrogen-bond donors (Lipinski definition) is 1. The van der Waals surface area contributed by atoms with Crippen LogP contribution in [-0.4, -0.2) is 13.7 Å². The molecule has 0 fully saturated rings. The third-order valence-corrected chi connectivity index (χ3v) is 3.67. The fourth-order valence-corrected chi connectivity index (χ4v) is 2.60. The van der Waals surface area contributed by atoms with E-state index in [1.807, 2.05) is 12.1 Å². The van der Waals surface area contributed by atoms with E-state index in [1.165, 1.54) is 12.1 Å². The van der Waals surface area contributed by atoms with Crippen LogP contribution < -0.4 is 14.8 Å². The molecule has 0 unspecified atom stereocenters. The van der Waals surface area contributed by atoms with E-state index in [-0.39, 0.29) is 5.82 Å². The number of benzene rings is 2. The van der Waals surface area contributed by atoms with Crippen LogP contribution in [0.25, 0.3) is 0 Å². The smallest absolute Gasteiger partial charge is 0.175 e. The minimum atomic E-state index is -0.243. The largest absolute Gasteiger partial charge is 0.493 e. The molecule has 0 amide bonds. The average Bonchev–Trinajstić information content (AvgIpc) is 2.53. The van der Waals surface area contributed by atoms with Gasteiger partial charge in [0.05, 0.1) is 18.2 Å². The molecule has 2 rings (SSSR count). The van der Waals surface area contributed by atoms with E-state index in [1.54, 1.807) is 19.2 Å². The van der Waals surface area contributed by atoms with Gasteiger partial charge in [0.15, 0.2) is 11.5 Å². The Balaban J connectivity index is 2.11. The summed E-state index contributed by atoms with van der Waals surface area (Å²) in [7, 11) is 1.62. The Kier molecular flexibility index (Phi) is 6.07. The van der Waals surface area contributed by atoms with Gasteiger partial charge in [-0.3, -0.25) is 0 Å². The summed E-state index contributed by atoms with van der Waals surface area (Å²) in [6.07, 6.45) is 0.934. The van der Waals surface area contributed by atoms with E-state index >= 15 is 0 Å². The lowest BCUT2D eigenvalue weighted by molar-refractivity contribution is 0.292. The summed E-state index contributed by atoms with van der Waals surface area (Å²) in [6, 6.07) is 10.2. The summed E-state index contributed by atoms with van der Waals surface area (Å²) in [5.74, 6) is 1.17. The van der Waals surface area contributed by atoms with Crippen molar-refractivity contribution in [2.75, 3.05) is 19.0 Å². The molecule has 0 spiro atoms. The van der Waals surface area contributed by atoms with Crippen LogP contribution in [0.4, 0.5) is 10.1 Å². The van der Waals surface area contributed by atoms with Crippen molar-refractivity contribution in [1.29, 1.82) is 0 Å². The molecule has 0 aliphatic rings. The van der Waals surface area contributed by atoms with E-state index in [0.29, 0.717) is 18.9 Å². The van der Waals surface area contributed by atoms with Crippen molar-refractivity contribution in [2.45, 2.75) is 19.9 Å². The average molecular weight is 368 g/mol. The lowest BCUT2D eigenvalue weighted by atomic mass is 10.2. The zero-order valence-electron chi connectivity index (χ0n) is 12.7. The van der Waals surface area contributed by atoms with E-state index in [0.717, 1.165) is 27.9 Å². The summed E-state index contributed by atoms with van der Waals surface area (Å²) in [5, 5.41) is 3.25. The van der Waals surface area contributed by atoms with Gasteiger partial charge in [0.2, 0.25) is 0 Å². The van der Waals surface area contributed by atoms with E-state index < -0.39 is 0 Å². The number of halogens is 2. The second-order valence-electron chi connectivity index (χ2n) is 4.82. The van der Waals surface area contributed by atoms with Gasteiger partial charge in [-0.25, -0.2) is 4.39 Å². The van der Waals surface area contributed by atoms with Crippen LogP contribution in [0.5, 0.6) is 11.5 Å². The molecule has 2 aromatic rings. The Morgan fingerprint density at radius 1 is 1.18 bits per heavy atom. The van der Waals surface area contributed by atoms with Crippen LogP contribution in [0.3, 0.4) is 0 Å². The molecule has 0 atom stereocenters. The highest BCUT2D eigenvalue weighted by Crippen LogP contribution is 2.37. The van der Waals surface area contributed by atoms with Gasteiger partial charge in [-0.1, -0.05) is 6.92 Å². The van der Waals surface area contributed by atoms with Gasteiger partial charge in [0.1, 0.15) is 5.82 Å². The van der Waals surface area contributed by atoms with Crippen LogP contribution in [0, 0.1) is 5.82 Å². The van der Waals surface area contributed by atoms with Gasteiger partial charge in [-0.2, -0.15) is 0 Å². The standard InChI is InChI=1S/C17H19BrFNO2/c1-3-8-22-17-15(18)9-12(10-16(17)21-2)11-20-14-6-4-13(19)5-7-14/h4-7,9-10,20H,3,8,11H2,1-2H3. The molecule has 0 saturated carbocycles. The number of rotatable bonds is 7. The highest BCUT2D eigenvalue weighted by molar-refractivity contribution is 9.10. The quantitative estimate of drug-likeness (QED) is 0.746. The molecule has 0 aliphatic heterocycles. The lowest BCUT2D eigenvalue weighted by Gasteiger charge is -2.14. The Morgan fingerprint density at radius 3 is 2.55 bits per heavy atom. The van der Waals surface area contributed by atoms with Crippen LogP contribution in [0.2, 0.25) is 0 Å². The minimum Gasteiger partial charge on any atom is -0.493 e. The molecule has 0 aliphatic carbocycles. The molecular weight excluding hydrogens is 349 g/mol. The molecule has 3 nitrogen and oxygen atoms in total. The molecule has 0 bridgehead atoms. The number of methoxy groups -OCH3 is 1. The van der Waals surface area contributed by atoms with Gasteiger partial charge in [-0.05, 0) is 64.3 Å². The van der Waals surface area contributed by atoms with Crippen molar-refractivity contribution in [3.05, 3.63) is 52.3 Å². The summed E-state index contributed by atoms with van der Waals surface area (Å²) >= 11 is 3.52. The molecule has 0 heterocycles. The molecular formula is C17H19BrFNO2. The van der Waals surface area contributed by atoms with Gasteiger partial charge in [0, 0.05) is 12.2 Å². The van der Waals surface area contributed by atoms with Gasteiger partial charge < -0.3 is 14.8 Å². The SMILES string of the molecule is CCCOc1c(Br)cc(CNc2ccc(F)cc2)cc1OC. The summed E-state index contributed by atoms with van der Waals surface area (Å²) < 4.78 is 24.8. The molecule has 118 valence electrons. The minimum absolute atomic E-state index is 0.243. The summed E-state index contributed by atoms with van der Waals surface area (Å²) in [5.41, 5.74) is 1.90. The Bertz CT molecular complexity index is 617. The summed E-state index contributed by atoms with van der Waals surface area (Å²) in [6.45, 7) is 3.30. The van der Waals surface area contributed by atoms with Gasteiger partial charge in [0.25, 0.3) is 0 Å². The highest BCUT2D eigenvalue weighted by atomic mass is 79.9. The fraction of sp³-hybridized carbons (Fsp3) is 0.294. The van der Waals surface area contributed by atoms with Crippen LogP contribution in [0.15, 0.2) is 40.9 Å². The maximum Gasteiger partial charge on any atom is 0.175 e. The highest BCUT2D eigenvalue weighted by Gasteiger charge is 2.11. The number of ether oxygens (including phenoxy) is 2. The number of anilines is 1. The zero-order valence-corrected chi connectivity index (χ0v) is 14.2. The van der Waals surface area contributed by atoms with E-state index in [4.69, 9.17) is 9.47 Å². The molecule has 0 aromatic heterocycles. The Hall–Kier alpha value is -1.75. The molecule has 1 N–H and O–H groups in total. The second kappa shape index (κ2) is 8.03. The second-order valence-corrected chi connectivity index (χ2v) is 5.67. The lowest BCUT2D eigenvalue weighted by Crippen LogP contribution is -2.03. The monoisotopic (exact) mass is 367 g/mol. The third-order valence-electron chi connectivity index (χ3n) is 3.08. The molecule has 5 heteroatoms. The normalized spacial score (nSPS) is 10.4. The van der Waals surface area contributed by atoms with E-state index in [9.17, 15) is 4.39 Å². The predicted molar refractivity (Wildman–Crippen MR) is 90.2 cm³/mol. The van der Waals surface area contributed by atoms with Crippen molar-refractivity contribution in [3.8, 4) is 11.5 Å². The zero-order chi connectivity index (χ0) is 15.9. The molecule has 0 saturated heterocycles. The fourth-order valence-electron chi connectivity index (χ4n) is 1.99. The first-order valence-electron chi connectivity index (χ1n) is 7.12. The number of hydrogen-bond acceptors (Lipinski definition) is 3. The van der Waals surface area contributed by atoms with Crippen LogP contribution >= 0.6 is 15.9 Å². The Morgan fingerprint density at radius 2 is 1.91 bits per heavy atom. The third kappa shape index (κ3) is 4.37. The first kappa shape index (κ1) is 16.6. The van der Waals surface area contributed by atoms with Crippen molar-refractivity contribution < 1.29 is 13.9 Å². The van der Waals surface area contributed by atoms with Crippen molar-refractivity contribution in [1.82, 2.24) is 0 Å². The van der Waals surface area contributed by atoms with Crippen molar-refractivity contribution in [3.63, 3.8) is 0 Å². The molecule has 0 radical (unpaired) electrons. The van der Waals surface area contributed by atoms with E-state index in [2.05, 4.69) is 28.2 Å². The molecule has 2 aromatic carbocycles. The van der Waals surface area contributed by atoms with Gasteiger partial charge >= 0.3 is 0 Å². The predicted octanol–water partition coefficient (Wildman–Crippen LogP) is 5.00. The van der Waals surface area contributed by atoms with Crippen LogP contribution in [0.1, 0.15) is 18.9 Å². The molecule has 22 heavy (non-hydrogen) atoms. The topological polar surface area (TPSA) is 30.5 Å².